The first-order chi connectivity index (χ1) is 11.3. The van der Waals surface area contributed by atoms with Crippen molar-refractivity contribution in [3.8, 4) is 0 Å². The predicted octanol–water partition coefficient (Wildman–Crippen LogP) is 3.23. The Labute approximate surface area is 143 Å². The fourth-order valence-corrected chi connectivity index (χ4v) is 5.56. The average molecular weight is 330 g/mol. The van der Waals surface area contributed by atoms with Crippen LogP contribution in [-0.4, -0.2) is 36.0 Å². The van der Waals surface area contributed by atoms with E-state index in [1.165, 1.54) is 36.3 Å². The number of thioether (sulfide) groups is 1. The fraction of sp³-hybridized carbons (Fsp3) is 0.632. The Morgan fingerprint density at radius 3 is 2.87 bits per heavy atom. The third-order valence-corrected chi connectivity index (χ3v) is 6.71. The molecule has 1 aliphatic carbocycles. The zero-order valence-corrected chi connectivity index (χ0v) is 14.5. The number of nitrogens with one attached hydrogen (secondary N) is 1. The van der Waals surface area contributed by atoms with E-state index in [-0.39, 0.29) is 5.92 Å². The van der Waals surface area contributed by atoms with Crippen LogP contribution in [0.5, 0.6) is 0 Å². The van der Waals surface area contributed by atoms with Crippen LogP contribution in [0.4, 0.5) is 5.69 Å². The topological polar surface area (TPSA) is 32.3 Å². The van der Waals surface area contributed by atoms with Gasteiger partial charge in [0, 0.05) is 35.8 Å². The minimum atomic E-state index is 0.111. The minimum absolute atomic E-state index is 0.111. The highest BCUT2D eigenvalue weighted by atomic mass is 32.2. The smallest absolute Gasteiger partial charge is 0.225 e. The Kier molecular flexibility index (Phi) is 4.52. The van der Waals surface area contributed by atoms with E-state index >= 15 is 0 Å². The van der Waals surface area contributed by atoms with Crippen LogP contribution in [0.2, 0.25) is 0 Å². The van der Waals surface area contributed by atoms with Gasteiger partial charge < -0.3 is 10.2 Å². The zero-order chi connectivity index (χ0) is 15.6. The summed E-state index contributed by atoms with van der Waals surface area (Å²) >= 11 is 2.00. The van der Waals surface area contributed by atoms with E-state index in [1.807, 2.05) is 11.8 Å². The number of nitrogens with zero attached hydrogens (tertiary/aromatic N) is 1. The number of benzene rings is 1. The number of anilines is 1. The van der Waals surface area contributed by atoms with Gasteiger partial charge in [-0.2, -0.15) is 11.8 Å². The number of hydrogen-bond acceptors (Lipinski definition) is 3. The molecule has 4 heteroatoms. The van der Waals surface area contributed by atoms with Gasteiger partial charge in [0.15, 0.2) is 0 Å². The average Bonchev–Trinajstić information content (AvgIpc) is 2.62. The molecule has 23 heavy (non-hydrogen) atoms. The monoisotopic (exact) mass is 330 g/mol. The molecule has 1 aromatic carbocycles. The molecule has 0 aromatic heterocycles. The van der Waals surface area contributed by atoms with Gasteiger partial charge in [0.2, 0.25) is 5.91 Å². The Hall–Kier alpha value is -1.16. The third kappa shape index (κ3) is 3.10. The largest absolute Gasteiger partial charge is 0.366 e. The zero-order valence-electron chi connectivity index (χ0n) is 13.7. The first-order valence-corrected chi connectivity index (χ1v) is 10.2. The number of fused-ring (bicyclic) bond motifs is 3. The number of amides is 1. The van der Waals surface area contributed by atoms with Gasteiger partial charge in [0.05, 0.1) is 5.92 Å². The lowest BCUT2D eigenvalue weighted by Crippen LogP contribution is -2.56. The van der Waals surface area contributed by atoms with E-state index in [9.17, 15) is 4.79 Å². The van der Waals surface area contributed by atoms with Crippen LogP contribution in [0.1, 0.15) is 37.7 Å². The van der Waals surface area contributed by atoms with E-state index in [0.29, 0.717) is 18.0 Å². The Bertz CT molecular complexity index is 570. The second kappa shape index (κ2) is 6.76. The molecular formula is C19H26N2OS. The second-order valence-corrected chi connectivity index (χ2v) is 8.27. The van der Waals surface area contributed by atoms with Crippen LogP contribution in [0, 0.1) is 5.92 Å². The normalized spacial score (nSPS) is 27.9. The summed E-state index contributed by atoms with van der Waals surface area (Å²) in [5.74, 6) is 2.65. The van der Waals surface area contributed by atoms with Crippen LogP contribution in [-0.2, 0) is 11.2 Å². The predicted molar refractivity (Wildman–Crippen MR) is 97.1 cm³/mol. The molecule has 2 heterocycles. The molecule has 0 spiro atoms. The molecule has 1 saturated heterocycles. The van der Waals surface area contributed by atoms with Gasteiger partial charge in [-0.25, -0.2) is 0 Å². The molecule has 1 N–H and O–H groups in total. The highest BCUT2D eigenvalue weighted by Gasteiger charge is 2.40. The molecule has 1 amide bonds. The molecule has 2 unspecified atom stereocenters. The maximum absolute atomic E-state index is 13.0. The summed E-state index contributed by atoms with van der Waals surface area (Å²) in [4.78, 5) is 15.5. The van der Waals surface area contributed by atoms with E-state index < -0.39 is 0 Å². The maximum atomic E-state index is 13.0. The molecule has 4 rings (SSSR count). The summed E-state index contributed by atoms with van der Waals surface area (Å²) in [6, 6.07) is 9.45. The van der Waals surface area contributed by atoms with Crippen LogP contribution in [0.3, 0.4) is 0 Å². The highest BCUT2D eigenvalue weighted by molar-refractivity contribution is 7.99. The van der Waals surface area contributed by atoms with Crippen LogP contribution < -0.4 is 10.2 Å². The van der Waals surface area contributed by atoms with Crippen molar-refractivity contribution >= 4 is 23.4 Å². The van der Waals surface area contributed by atoms with Crippen molar-refractivity contribution in [2.75, 3.05) is 23.0 Å². The van der Waals surface area contributed by atoms with Gasteiger partial charge >= 0.3 is 0 Å². The van der Waals surface area contributed by atoms with Crippen molar-refractivity contribution in [1.29, 1.82) is 0 Å². The Balaban J connectivity index is 1.54. The SMILES string of the molecule is O=C(NC1CCCCC1)C1Cc2ccccc2N2CCSCC12. The summed E-state index contributed by atoms with van der Waals surface area (Å²) in [6.45, 7) is 1.07. The summed E-state index contributed by atoms with van der Waals surface area (Å²) in [5.41, 5.74) is 2.71. The number of para-hydroxylation sites is 1. The molecule has 3 nitrogen and oxygen atoms in total. The lowest BCUT2D eigenvalue weighted by molar-refractivity contribution is -0.126. The number of carbonyl (C=O) groups excluding carboxylic acids is 1. The van der Waals surface area contributed by atoms with Crippen LogP contribution in [0.15, 0.2) is 24.3 Å². The lowest BCUT2D eigenvalue weighted by Gasteiger charge is -2.46. The fourth-order valence-electron chi connectivity index (χ4n) is 4.41. The van der Waals surface area contributed by atoms with Crippen molar-refractivity contribution in [3.63, 3.8) is 0 Å². The first kappa shape index (κ1) is 15.4. The minimum Gasteiger partial charge on any atom is -0.366 e. The van der Waals surface area contributed by atoms with Crippen molar-refractivity contribution < 1.29 is 4.79 Å². The summed E-state index contributed by atoms with van der Waals surface area (Å²) < 4.78 is 0. The van der Waals surface area contributed by atoms with Crippen molar-refractivity contribution in [1.82, 2.24) is 5.32 Å². The van der Waals surface area contributed by atoms with E-state index in [1.54, 1.807) is 0 Å². The number of carbonyl (C=O) groups is 1. The van der Waals surface area contributed by atoms with E-state index in [4.69, 9.17) is 0 Å². The third-order valence-electron chi connectivity index (χ3n) is 5.66. The molecule has 1 saturated carbocycles. The van der Waals surface area contributed by atoms with E-state index in [2.05, 4.69) is 34.5 Å². The second-order valence-electron chi connectivity index (χ2n) is 7.12. The molecule has 3 aliphatic rings. The van der Waals surface area contributed by atoms with Gasteiger partial charge in [-0.3, -0.25) is 4.79 Å². The molecule has 1 aromatic rings. The number of rotatable bonds is 2. The Morgan fingerprint density at radius 1 is 1.17 bits per heavy atom. The molecule has 2 aliphatic heterocycles. The van der Waals surface area contributed by atoms with Gasteiger partial charge in [-0.05, 0) is 30.9 Å². The van der Waals surface area contributed by atoms with Crippen molar-refractivity contribution in [2.45, 2.75) is 50.6 Å². The van der Waals surface area contributed by atoms with Crippen molar-refractivity contribution in [3.05, 3.63) is 29.8 Å². The highest BCUT2D eigenvalue weighted by Crippen LogP contribution is 2.37. The van der Waals surface area contributed by atoms with Gasteiger partial charge in [-0.1, -0.05) is 37.5 Å². The van der Waals surface area contributed by atoms with Gasteiger partial charge in [-0.15, -0.1) is 0 Å². The summed E-state index contributed by atoms with van der Waals surface area (Å²) in [6.07, 6.45) is 7.09. The molecular weight excluding hydrogens is 304 g/mol. The quantitative estimate of drug-likeness (QED) is 0.903. The molecule has 0 bridgehead atoms. The lowest BCUT2D eigenvalue weighted by atomic mass is 9.84. The molecule has 2 atom stereocenters. The maximum Gasteiger partial charge on any atom is 0.225 e. The summed E-state index contributed by atoms with van der Waals surface area (Å²) in [7, 11) is 0. The molecule has 124 valence electrons. The standard InChI is InChI=1S/C19H26N2OS/c22-19(20-15-7-2-1-3-8-15)16-12-14-6-4-5-9-17(14)21-10-11-23-13-18(16)21/h4-6,9,15-16,18H,1-3,7-8,10-13H2,(H,20,22). The van der Waals surface area contributed by atoms with Crippen LogP contribution >= 0.6 is 11.8 Å². The van der Waals surface area contributed by atoms with Crippen molar-refractivity contribution in [2.24, 2.45) is 5.92 Å². The summed E-state index contributed by atoms with van der Waals surface area (Å²) in [5, 5.41) is 3.38. The van der Waals surface area contributed by atoms with E-state index in [0.717, 1.165) is 31.6 Å². The van der Waals surface area contributed by atoms with Gasteiger partial charge in [0.25, 0.3) is 0 Å². The van der Waals surface area contributed by atoms with Gasteiger partial charge in [0.1, 0.15) is 0 Å². The Morgan fingerprint density at radius 2 is 2.00 bits per heavy atom. The number of hydrogen-bond donors (Lipinski definition) is 1. The molecule has 0 radical (unpaired) electrons. The van der Waals surface area contributed by atoms with Crippen LogP contribution in [0.25, 0.3) is 0 Å². The molecule has 2 fully saturated rings. The first-order valence-electron chi connectivity index (χ1n) is 9.05.